The third-order valence-electron chi connectivity index (χ3n) is 3.88. The minimum atomic E-state index is -0.143. The van der Waals surface area contributed by atoms with E-state index < -0.39 is 0 Å². The van der Waals surface area contributed by atoms with Crippen LogP contribution in [0.1, 0.15) is 38.3 Å². The Bertz CT molecular complexity index is 497. The van der Waals surface area contributed by atoms with Crippen molar-refractivity contribution in [3.63, 3.8) is 0 Å². The smallest absolute Gasteiger partial charge is 0.134 e. The standard InChI is InChI=1S/C17H25NO2/c1-6-17(2,3)18(4)13-14-9-10-16(20-5)15(12-14)8-7-11-19/h9-10,12,19H,6,11,13H2,1-5H3. The molecule has 0 spiro atoms. The van der Waals surface area contributed by atoms with Crippen molar-refractivity contribution in [1.29, 1.82) is 0 Å². The number of aliphatic hydroxyl groups is 1. The van der Waals surface area contributed by atoms with Crippen LogP contribution in [-0.2, 0) is 6.54 Å². The Hall–Kier alpha value is -1.50. The van der Waals surface area contributed by atoms with Gasteiger partial charge in [-0.25, -0.2) is 0 Å². The highest BCUT2D eigenvalue weighted by molar-refractivity contribution is 5.48. The Balaban J connectivity index is 2.97. The average Bonchev–Trinajstić information content (AvgIpc) is 2.45. The van der Waals surface area contributed by atoms with Gasteiger partial charge in [-0.3, -0.25) is 4.90 Å². The molecule has 1 rings (SSSR count). The van der Waals surface area contributed by atoms with E-state index in [-0.39, 0.29) is 12.1 Å². The molecule has 110 valence electrons. The summed E-state index contributed by atoms with van der Waals surface area (Å²) in [6, 6.07) is 6.03. The van der Waals surface area contributed by atoms with Gasteiger partial charge >= 0.3 is 0 Å². The molecule has 3 heteroatoms. The monoisotopic (exact) mass is 275 g/mol. The molecular weight excluding hydrogens is 250 g/mol. The average molecular weight is 275 g/mol. The molecule has 0 aliphatic rings. The fourth-order valence-corrected chi connectivity index (χ4v) is 1.84. The number of rotatable bonds is 5. The van der Waals surface area contributed by atoms with Crippen molar-refractivity contribution in [3.05, 3.63) is 29.3 Å². The number of methoxy groups -OCH3 is 1. The van der Waals surface area contributed by atoms with Gasteiger partial charge in [0.25, 0.3) is 0 Å². The van der Waals surface area contributed by atoms with Gasteiger partial charge in [0.2, 0.25) is 0 Å². The molecule has 1 aromatic rings. The van der Waals surface area contributed by atoms with Crippen molar-refractivity contribution >= 4 is 0 Å². The van der Waals surface area contributed by atoms with Crippen LogP contribution in [0.4, 0.5) is 0 Å². The summed E-state index contributed by atoms with van der Waals surface area (Å²) < 4.78 is 5.29. The molecular formula is C17H25NO2. The quantitative estimate of drug-likeness (QED) is 0.839. The lowest BCUT2D eigenvalue weighted by Crippen LogP contribution is -2.39. The van der Waals surface area contributed by atoms with Crippen molar-refractivity contribution in [3.8, 4) is 17.6 Å². The first kappa shape index (κ1) is 16.6. The van der Waals surface area contributed by atoms with Crippen molar-refractivity contribution in [1.82, 2.24) is 4.90 Å². The summed E-state index contributed by atoms with van der Waals surface area (Å²) in [5.41, 5.74) is 2.18. The molecule has 3 nitrogen and oxygen atoms in total. The summed E-state index contributed by atoms with van der Waals surface area (Å²) >= 11 is 0. The fourth-order valence-electron chi connectivity index (χ4n) is 1.84. The lowest BCUT2D eigenvalue weighted by molar-refractivity contribution is 0.143. The van der Waals surface area contributed by atoms with E-state index in [0.29, 0.717) is 0 Å². The van der Waals surface area contributed by atoms with Gasteiger partial charge < -0.3 is 9.84 Å². The van der Waals surface area contributed by atoms with Gasteiger partial charge in [-0.2, -0.15) is 0 Å². The van der Waals surface area contributed by atoms with Gasteiger partial charge in [0, 0.05) is 12.1 Å². The second kappa shape index (κ2) is 7.33. The van der Waals surface area contributed by atoms with E-state index in [0.717, 1.165) is 24.3 Å². The Morgan fingerprint density at radius 1 is 1.35 bits per heavy atom. The summed E-state index contributed by atoms with van der Waals surface area (Å²) in [4.78, 5) is 2.33. The van der Waals surface area contributed by atoms with Gasteiger partial charge in [0.05, 0.1) is 12.7 Å². The van der Waals surface area contributed by atoms with Crippen molar-refractivity contribution in [2.45, 2.75) is 39.3 Å². The predicted octanol–water partition coefficient (Wildman–Crippen LogP) is 2.66. The largest absolute Gasteiger partial charge is 0.495 e. The van der Waals surface area contributed by atoms with E-state index in [1.165, 1.54) is 5.56 Å². The third-order valence-corrected chi connectivity index (χ3v) is 3.88. The molecule has 0 fully saturated rings. The molecule has 0 unspecified atom stereocenters. The number of benzene rings is 1. The molecule has 0 aliphatic carbocycles. The van der Waals surface area contributed by atoms with Crippen LogP contribution < -0.4 is 4.74 Å². The summed E-state index contributed by atoms with van der Waals surface area (Å²) in [6.07, 6.45) is 1.09. The van der Waals surface area contributed by atoms with Gasteiger partial charge in [0.15, 0.2) is 0 Å². The van der Waals surface area contributed by atoms with E-state index in [4.69, 9.17) is 9.84 Å². The zero-order valence-electron chi connectivity index (χ0n) is 13.2. The normalized spacial score (nSPS) is 11.2. The minimum Gasteiger partial charge on any atom is -0.495 e. The van der Waals surface area contributed by atoms with Crippen molar-refractivity contribution < 1.29 is 9.84 Å². The third kappa shape index (κ3) is 4.26. The Morgan fingerprint density at radius 2 is 2.05 bits per heavy atom. The molecule has 0 saturated carbocycles. The lowest BCUT2D eigenvalue weighted by atomic mass is 9.99. The molecule has 0 aliphatic heterocycles. The van der Waals surface area contributed by atoms with E-state index in [9.17, 15) is 0 Å². The van der Waals surface area contributed by atoms with E-state index in [1.54, 1.807) is 7.11 Å². The topological polar surface area (TPSA) is 32.7 Å². The first-order chi connectivity index (χ1) is 9.44. The van der Waals surface area contributed by atoms with Crippen LogP contribution in [0.2, 0.25) is 0 Å². The van der Waals surface area contributed by atoms with Crippen LogP contribution in [0.5, 0.6) is 5.75 Å². The SMILES string of the molecule is CCC(C)(C)N(C)Cc1ccc(OC)c(C#CCO)c1. The molecule has 0 saturated heterocycles. The Morgan fingerprint density at radius 3 is 2.60 bits per heavy atom. The molecule has 0 bridgehead atoms. The van der Waals surface area contributed by atoms with Crippen LogP contribution in [0.25, 0.3) is 0 Å². The molecule has 20 heavy (non-hydrogen) atoms. The molecule has 0 aromatic heterocycles. The highest BCUT2D eigenvalue weighted by Gasteiger charge is 2.21. The minimum absolute atomic E-state index is 0.143. The molecule has 1 aromatic carbocycles. The van der Waals surface area contributed by atoms with Gasteiger partial charge in [0.1, 0.15) is 12.4 Å². The van der Waals surface area contributed by atoms with Gasteiger partial charge in [-0.1, -0.05) is 24.8 Å². The first-order valence-electron chi connectivity index (χ1n) is 6.92. The van der Waals surface area contributed by atoms with Crippen LogP contribution in [0.15, 0.2) is 18.2 Å². The maximum Gasteiger partial charge on any atom is 0.134 e. The number of nitrogens with zero attached hydrogens (tertiary/aromatic N) is 1. The van der Waals surface area contributed by atoms with Crippen LogP contribution in [0.3, 0.4) is 0 Å². The predicted molar refractivity (Wildman–Crippen MR) is 82.8 cm³/mol. The molecule has 0 heterocycles. The number of ether oxygens (including phenoxy) is 1. The van der Waals surface area contributed by atoms with Crippen LogP contribution in [0, 0.1) is 11.8 Å². The Kier molecular flexibility index (Phi) is 6.06. The van der Waals surface area contributed by atoms with Gasteiger partial charge in [-0.05, 0) is 45.0 Å². The summed E-state index contributed by atoms with van der Waals surface area (Å²) in [5.74, 6) is 6.35. The molecule has 1 N–H and O–H groups in total. The van der Waals surface area contributed by atoms with E-state index in [1.807, 2.05) is 12.1 Å². The fraction of sp³-hybridized carbons (Fsp3) is 0.529. The van der Waals surface area contributed by atoms with Crippen molar-refractivity contribution in [2.75, 3.05) is 20.8 Å². The number of hydrogen-bond acceptors (Lipinski definition) is 3. The zero-order chi connectivity index (χ0) is 15.2. The molecule has 0 atom stereocenters. The summed E-state index contributed by atoms with van der Waals surface area (Å²) in [7, 11) is 3.76. The maximum atomic E-state index is 8.82. The molecule has 0 radical (unpaired) electrons. The first-order valence-corrected chi connectivity index (χ1v) is 6.92. The van der Waals surface area contributed by atoms with Crippen LogP contribution >= 0.6 is 0 Å². The second-order valence-corrected chi connectivity index (χ2v) is 5.52. The second-order valence-electron chi connectivity index (χ2n) is 5.52. The van der Waals surface area contributed by atoms with Crippen molar-refractivity contribution in [2.24, 2.45) is 0 Å². The van der Waals surface area contributed by atoms with E-state index >= 15 is 0 Å². The highest BCUT2D eigenvalue weighted by atomic mass is 16.5. The maximum absolute atomic E-state index is 8.82. The van der Waals surface area contributed by atoms with Gasteiger partial charge in [-0.15, -0.1) is 0 Å². The number of aliphatic hydroxyl groups excluding tert-OH is 1. The van der Waals surface area contributed by atoms with E-state index in [2.05, 4.69) is 50.6 Å². The van der Waals surface area contributed by atoms with Crippen LogP contribution in [-0.4, -0.2) is 36.3 Å². The zero-order valence-corrected chi connectivity index (χ0v) is 13.2. The number of hydrogen-bond donors (Lipinski definition) is 1. The molecule has 0 amide bonds. The Labute approximate surface area is 122 Å². The summed E-state index contributed by atoms with van der Waals surface area (Å²) in [5, 5.41) is 8.82. The summed E-state index contributed by atoms with van der Waals surface area (Å²) in [6.45, 7) is 7.39. The highest BCUT2D eigenvalue weighted by Crippen LogP contribution is 2.23. The lowest BCUT2D eigenvalue weighted by Gasteiger charge is -2.35.